The van der Waals surface area contributed by atoms with Gasteiger partial charge in [-0.1, -0.05) is 0 Å². The van der Waals surface area contributed by atoms with E-state index in [1.165, 1.54) is 7.11 Å². The predicted octanol–water partition coefficient (Wildman–Crippen LogP) is 2.95. The molecule has 0 aromatic carbocycles. The maximum absolute atomic E-state index is 11.8. The lowest BCUT2D eigenvalue weighted by Gasteiger charge is -2.21. The second-order valence-corrected chi connectivity index (χ2v) is 5.96. The topological polar surface area (TPSA) is 71.1 Å². The van der Waals surface area contributed by atoms with Gasteiger partial charge in [-0.15, -0.1) is 0 Å². The lowest BCUT2D eigenvalue weighted by atomic mass is 10.0. The Labute approximate surface area is 132 Å². The van der Waals surface area contributed by atoms with E-state index in [1.807, 2.05) is 27.7 Å². The maximum Gasteiger partial charge on any atom is 0.334 e. The summed E-state index contributed by atoms with van der Waals surface area (Å²) in [7, 11) is 1.28. The molecule has 0 aromatic heterocycles. The molecule has 0 aliphatic heterocycles. The van der Waals surface area contributed by atoms with E-state index in [9.17, 15) is 9.59 Å². The van der Waals surface area contributed by atoms with Gasteiger partial charge in [0.15, 0.2) is 0 Å². The highest BCUT2D eigenvalue weighted by Gasteiger charge is 2.21. The minimum absolute atomic E-state index is 0.228. The number of carbonyl (C=O) groups excluding carboxylic acids is 2. The first-order chi connectivity index (χ1) is 10.1. The van der Waals surface area contributed by atoms with E-state index < -0.39 is 17.5 Å². The normalized spacial score (nSPS) is 14.1. The highest BCUT2D eigenvalue weighted by molar-refractivity contribution is 5.99. The van der Waals surface area contributed by atoms with Crippen LogP contribution in [0.15, 0.2) is 11.1 Å². The number of hydrogen-bond donors (Lipinski definition) is 0. The molecule has 0 radical (unpaired) electrons. The van der Waals surface area contributed by atoms with Gasteiger partial charge < -0.3 is 9.47 Å². The summed E-state index contributed by atoms with van der Waals surface area (Å²) >= 11 is 0. The van der Waals surface area contributed by atoms with Crippen LogP contribution in [0.3, 0.4) is 0 Å². The zero-order chi connectivity index (χ0) is 17.3. The summed E-state index contributed by atoms with van der Waals surface area (Å²) in [4.78, 5) is 34.1. The van der Waals surface area contributed by atoms with Gasteiger partial charge >= 0.3 is 11.9 Å². The smallest absolute Gasteiger partial charge is 0.334 e. The highest BCUT2D eigenvalue weighted by Crippen LogP contribution is 2.18. The first-order valence-electron chi connectivity index (χ1n) is 7.42. The number of carbonyl (C=O) groups is 2. The van der Waals surface area contributed by atoms with Gasteiger partial charge in [-0.3, -0.25) is 0 Å². The van der Waals surface area contributed by atoms with E-state index in [0.29, 0.717) is 18.4 Å². The Hall–Kier alpha value is -1.40. The Morgan fingerprint density at radius 3 is 2.18 bits per heavy atom. The molecule has 0 fully saturated rings. The Kier molecular flexibility index (Phi) is 8.97. The minimum atomic E-state index is -0.533. The van der Waals surface area contributed by atoms with Crippen molar-refractivity contribution in [3.8, 4) is 0 Å². The van der Waals surface area contributed by atoms with Gasteiger partial charge in [0, 0.05) is 11.1 Å². The van der Waals surface area contributed by atoms with Crippen molar-refractivity contribution in [2.45, 2.75) is 66.1 Å². The molecule has 0 N–H and O–H groups in total. The van der Waals surface area contributed by atoms with Crippen LogP contribution < -0.4 is 0 Å². The Morgan fingerprint density at radius 1 is 1.14 bits per heavy atom. The fourth-order valence-corrected chi connectivity index (χ4v) is 1.55. The van der Waals surface area contributed by atoms with Crippen LogP contribution in [-0.4, -0.2) is 37.4 Å². The van der Waals surface area contributed by atoms with Crippen LogP contribution in [0.4, 0.5) is 0 Å². The van der Waals surface area contributed by atoms with E-state index >= 15 is 0 Å². The third-order valence-electron chi connectivity index (χ3n) is 2.73. The first-order valence-corrected chi connectivity index (χ1v) is 7.42. The van der Waals surface area contributed by atoms with Gasteiger partial charge in [0.2, 0.25) is 0 Å². The molecule has 0 heterocycles. The van der Waals surface area contributed by atoms with Crippen molar-refractivity contribution in [1.82, 2.24) is 0 Å². The van der Waals surface area contributed by atoms with Crippen LogP contribution >= 0.6 is 0 Å². The molecular formula is C16H28O6. The molecule has 0 rings (SSSR count). The number of esters is 2. The van der Waals surface area contributed by atoms with E-state index in [-0.39, 0.29) is 18.3 Å². The third-order valence-corrected chi connectivity index (χ3v) is 2.73. The fraction of sp³-hybridized carbons (Fsp3) is 0.750. The van der Waals surface area contributed by atoms with Crippen molar-refractivity contribution in [3.05, 3.63) is 11.1 Å². The van der Waals surface area contributed by atoms with Crippen LogP contribution in [-0.2, 0) is 28.8 Å². The summed E-state index contributed by atoms with van der Waals surface area (Å²) in [6.07, 6.45) is 0.623. The molecule has 1 atom stereocenters. The number of hydrogen-bond acceptors (Lipinski definition) is 6. The van der Waals surface area contributed by atoms with Crippen LogP contribution in [0.25, 0.3) is 0 Å². The Morgan fingerprint density at radius 2 is 1.73 bits per heavy atom. The molecule has 0 saturated heterocycles. The van der Waals surface area contributed by atoms with Crippen LogP contribution in [0, 0.1) is 0 Å². The second-order valence-electron chi connectivity index (χ2n) is 5.96. The average Bonchev–Trinajstić information content (AvgIpc) is 2.44. The molecule has 0 saturated carbocycles. The van der Waals surface area contributed by atoms with E-state index in [2.05, 4.69) is 0 Å². The molecule has 0 amide bonds. The lowest BCUT2D eigenvalue weighted by molar-refractivity contribution is -0.370. The standard InChI is InChI=1S/C16H28O6/c1-8-20-14(17)12(3)13(15(18)19-7)10-9-11(2)21-22-16(4,5)6/h11H,8-10H2,1-7H3/b13-12+. The quantitative estimate of drug-likeness (QED) is 0.297. The van der Waals surface area contributed by atoms with Crippen molar-refractivity contribution in [2.24, 2.45) is 0 Å². The number of rotatable bonds is 8. The first kappa shape index (κ1) is 20.6. The third kappa shape index (κ3) is 8.14. The van der Waals surface area contributed by atoms with E-state index in [4.69, 9.17) is 19.2 Å². The average molecular weight is 316 g/mol. The summed E-state index contributed by atoms with van der Waals surface area (Å²) < 4.78 is 9.65. The minimum Gasteiger partial charge on any atom is -0.466 e. The van der Waals surface area contributed by atoms with Gasteiger partial charge in [0.1, 0.15) is 0 Å². The van der Waals surface area contributed by atoms with Crippen molar-refractivity contribution in [1.29, 1.82) is 0 Å². The molecule has 0 spiro atoms. The largest absolute Gasteiger partial charge is 0.466 e. The zero-order valence-corrected chi connectivity index (χ0v) is 14.6. The molecule has 0 bridgehead atoms. The van der Waals surface area contributed by atoms with Gasteiger partial charge in [0.25, 0.3) is 0 Å². The molecule has 0 aromatic rings. The number of methoxy groups -OCH3 is 1. The van der Waals surface area contributed by atoms with Crippen LogP contribution in [0.2, 0.25) is 0 Å². The van der Waals surface area contributed by atoms with Crippen LogP contribution in [0.1, 0.15) is 54.4 Å². The van der Waals surface area contributed by atoms with Crippen molar-refractivity contribution >= 4 is 11.9 Å². The summed E-state index contributed by atoms with van der Waals surface area (Å²) in [5, 5.41) is 0. The van der Waals surface area contributed by atoms with Crippen molar-refractivity contribution in [3.63, 3.8) is 0 Å². The summed E-state index contributed by atoms with van der Waals surface area (Å²) in [5.41, 5.74) is 0.153. The molecule has 6 nitrogen and oxygen atoms in total. The predicted molar refractivity (Wildman–Crippen MR) is 82.0 cm³/mol. The second kappa shape index (κ2) is 9.58. The Bertz CT molecular complexity index is 405. The fourth-order valence-electron chi connectivity index (χ4n) is 1.55. The van der Waals surface area contributed by atoms with E-state index in [0.717, 1.165) is 0 Å². The molecule has 6 heteroatoms. The summed E-state index contributed by atoms with van der Waals surface area (Å²) in [6.45, 7) is 11.0. The molecule has 1 unspecified atom stereocenters. The van der Waals surface area contributed by atoms with Crippen molar-refractivity contribution < 1.29 is 28.8 Å². The SMILES string of the molecule is CCOC(=O)/C(C)=C(\CCC(C)OOC(C)(C)C)C(=O)OC. The molecule has 0 aliphatic carbocycles. The van der Waals surface area contributed by atoms with Gasteiger partial charge in [-0.05, 0) is 54.4 Å². The van der Waals surface area contributed by atoms with Gasteiger partial charge in [-0.2, -0.15) is 0 Å². The van der Waals surface area contributed by atoms with Crippen molar-refractivity contribution in [2.75, 3.05) is 13.7 Å². The zero-order valence-electron chi connectivity index (χ0n) is 14.6. The molecular weight excluding hydrogens is 288 g/mol. The molecule has 128 valence electrons. The lowest BCUT2D eigenvalue weighted by Crippen LogP contribution is -2.23. The number of ether oxygens (including phenoxy) is 2. The van der Waals surface area contributed by atoms with Gasteiger partial charge in [-0.25, -0.2) is 19.4 Å². The summed E-state index contributed by atoms with van der Waals surface area (Å²) in [6, 6.07) is 0. The maximum atomic E-state index is 11.8. The van der Waals surface area contributed by atoms with Gasteiger partial charge in [0.05, 0.1) is 25.4 Å². The van der Waals surface area contributed by atoms with E-state index in [1.54, 1.807) is 13.8 Å². The summed E-state index contributed by atoms with van der Waals surface area (Å²) in [5.74, 6) is -1.04. The Balaban J connectivity index is 4.78. The monoisotopic (exact) mass is 316 g/mol. The van der Waals surface area contributed by atoms with Crippen LogP contribution in [0.5, 0.6) is 0 Å². The highest BCUT2D eigenvalue weighted by atomic mass is 17.2. The molecule has 22 heavy (non-hydrogen) atoms. The molecule has 0 aliphatic rings.